The van der Waals surface area contributed by atoms with Crippen molar-refractivity contribution in [2.45, 2.75) is 18.9 Å². The van der Waals surface area contributed by atoms with Crippen molar-refractivity contribution in [1.29, 1.82) is 0 Å². The highest BCUT2D eigenvalue weighted by molar-refractivity contribution is 6.33. The van der Waals surface area contributed by atoms with Gasteiger partial charge in [-0.2, -0.15) is 0 Å². The number of fused-ring (bicyclic) bond motifs is 1. The van der Waals surface area contributed by atoms with E-state index in [0.717, 1.165) is 54.2 Å². The van der Waals surface area contributed by atoms with Crippen LogP contribution in [0.2, 0.25) is 5.02 Å². The van der Waals surface area contributed by atoms with Crippen LogP contribution in [0.5, 0.6) is 0 Å². The maximum absolute atomic E-state index is 8.90. The predicted octanol–water partition coefficient (Wildman–Crippen LogP) is 3.27. The Morgan fingerprint density at radius 2 is 2.04 bits per heavy atom. The Morgan fingerprint density at radius 1 is 1.26 bits per heavy atom. The van der Waals surface area contributed by atoms with Gasteiger partial charge in [-0.3, -0.25) is 0 Å². The summed E-state index contributed by atoms with van der Waals surface area (Å²) < 4.78 is 7.71. The van der Waals surface area contributed by atoms with Crippen molar-refractivity contribution >= 4 is 28.5 Å². The summed E-state index contributed by atoms with van der Waals surface area (Å²) in [5, 5.41) is 9.50. The first-order chi connectivity index (χ1) is 13.2. The van der Waals surface area contributed by atoms with Crippen LogP contribution in [0.1, 0.15) is 12.8 Å². The molecule has 7 heteroatoms. The predicted molar refractivity (Wildman–Crippen MR) is 107 cm³/mol. The quantitative estimate of drug-likeness (QED) is 0.729. The lowest BCUT2D eigenvalue weighted by Crippen LogP contribution is -2.37. The van der Waals surface area contributed by atoms with Crippen molar-refractivity contribution in [3.8, 4) is 11.4 Å². The molecule has 0 atom stereocenters. The van der Waals surface area contributed by atoms with Crippen molar-refractivity contribution in [3.05, 3.63) is 41.6 Å². The number of benzene rings is 1. The number of ether oxygens (including phenoxy) is 1. The van der Waals surface area contributed by atoms with Crippen molar-refractivity contribution in [2.75, 3.05) is 31.2 Å². The molecule has 3 heterocycles. The van der Waals surface area contributed by atoms with Gasteiger partial charge >= 0.3 is 0 Å². The van der Waals surface area contributed by atoms with Crippen LogP contribution in [-0.4, -0.2) is 52.0 Å². The fourth-order valence-corrected chi connectivity index (χ4v) is 3.82. The zero-order chi connectivity index (χ0) is 18.8. The van der Waals surface area contributed by atoms with E-state index in [0.29, 0.717) is 11.6 Å². The second kappa shape index (κ2) is 7.84. The number of halogens is 1. The largest absolute Gasteiger partial charge is 0.394 e. The molecule has 3 aromatic rings. The first-order valence-electron chi connectivity index (χ1n) is 9.22. The molecule has 0 spiro atoms. The molecule has 27 heavy (non-hydrogen) atoms. The molecule has 0 bridgehead atoms. The normalized spacial score (nSPS) is 15.6. The van der Waals surface area contributed by atoms with E-state index in [-0.39, 0.29) is 12.7 Å². The summed E-state index contributed by atoms with van der Waals surface area (Å²) in [6, 6.07) is 10.1. The van der Waals surface area contributed by atoms with E-state index in [1.807, 2.05) is 31.3 Å². The average molecular weight is 387 g/mol. The van der Waals surface area contributed by atoms with Gasteiger partial charge in [-0.25, -0.2) is 9.97 Å². The standard InChI is InChI=1S/C20H23ClN4O2/c1-24-18-5-3-2-4-17(18)23-20(24)15-12-19(22-13-16(15)21)25-8-6-14(7-9-25)27-11-10-26/h2-5,12-14,26H,6-11H2,1H3. The Labute approximate surface area is 163 Å². The van der Waals surface area contributed by atoms with Crippen LogP contribution in [0, 0.1) is 0 Å². The molecule has 0 aliphatic carbocycles. The maximum atomic E-state index is 8.90. The fraction of sp³-hybridized carbons (Fsp3) is 0.400. The average Bonchev–Trinajstić information content (AvgIpc) is 3.04. The molecule has 1 aromatic carbocycles. The minimum atomic E-state index is 0.0698. The molecule has 4 rings (SSSR count). The highest BCUT2D eigenvalue weighted by Gasteiger charge is 2.22. The number of piperidine rings is 1. The van der Waals surface area contributed by atoms with Gasteiger partial charge < -0.3 is 19.3 Å². The summed E-state index contributed by atoms with van der Waals surface area (Å²) in [4.78, 5) is 11.6. The lowest BCUT2D eigenvalue weighted by atomic mass is 10.1. The topological polar surface area (TPSA) is 63.4 Å². The number of rotatable bonds is 5. The number of hydrogen-bond donors (Lipinski definition) is 1. The molecule has 1 aliphatic rings. The fourth-order valence-electron chi connectivity index (χ4n) is 3.63. The van der Waals surface area contributed by atoms with Crippen LogP contribution in [0.4, 0.5) is 5.82 Å². The Balaban J connectivity index is 1.60. The zero-order valence-corrected chi connectivity index (χ0v) is 16.1. The number of aliphatic hydroxyl groups excluding tert-OH is 1. The number of aryl methyl sites for hydroxylation is 1. The highest BCUT2D eigenvalue weighted by Crippen LogP contribution is 2.32. The molecular formula is C20H23ClN4O2. The summed E-state index contributed by atoms with van der Waals surface area (Å²) in [6.07, 6.45) is 3.76. The maximum Gasteiger partial charge on any atom is 0.142 e. The minimum Gasteiger partial charge on any atom is -0.394 e. The molecule has 0 radical (unpaired) electrons. The monoisotopic (exact) mass is 386 g/mol. The third-order valence-corrected chi connectivity index (χ3v) is 5.38. The molecule has 142 valence electrons. The van der Waals surface area contributed by atoms with Gasteiger partial charge in [-0.1, -0.05) is 23.7 Å². The third-order valence-electron chi connectivity index (χ3n) is 5.08. The molecule has 0 saturated carbocycles. The van der Waals surface area contributed by atoms with Crippen LogP contribution >= 0.6 is 11.6 Å². The minimum absolute atomic E-state index is 0.0698. The number of anilines is 1. The van der Waals surface area contributed by atoms with Gasteiger partial charge in [-0.15, -0.1) is 0 Å². The number of hydrogen-bond acceptors (Lipinski definition) is 5. The number of aliphatic hydroxyl groups is 1. The second-order valence-electron chi connectivity index (χ2n) is 6.79. The van der Waals surface area contributed by atoms with Crippen LogP contribution < -0.4 is 4.90 Å². The molecule has 1 fully saturated rings. The molecule has 1 aliphatic heterocycles. The van der Waals surface area contributed by atoms with Crippen LogP contribution in [-0.2, 0) is 11.8 Å². The lowest BCUT2D eigenvalue weighted by Gasteiger charge is -2.32. The first kappa shape index (κ1) is 18.2. The van der Waals surface area contributed by atoms with Gasteiger partial charge in [0.1, 0.15) is 11.6 Å². The van der Waals surface area contributed by atoms with Crippen molar-refractivity contribution in [3.63, 3.8) is 0 Å². The number of nitrogens with zero attached hydrogens (tertiary/aromatic N) is 4. The molecule has 2 aromatic heterocycles. The van der Waals surface area contributed by atoms with Gasteiger partial charge in [0.25, 0.3) is 0 Å². The van der Waals surface area contributed by atoms with Crippen LogP contribution in [0.25, 0.3) is 22.4 Å². The summed E-state index contributed by atoms with van der Waals surface area (Å²) in [5.74, 6) is 1.74. The second-order valence-corrected chi connectivity index (χ2v) is 7.19. The van der Waals surface area contributed by atoms with E-state index in [2.05, 4.69) is 20.5 Å². The Kier molecular flexibility index (Phi) is 5.29. The molecule has 0 amide bonds. The summed E-state index contributed by atoms with van der Waals surface area (Å²) in [7, 11) is 2.01. The number of aromatic nitrogens is 3. The van der Waals surface area contributed by atoms with E-state index in [1.165, 1.54) is 0 Å². The highest BCUT2D eigenvalue weighted by atomic mass is 35.5. The summed E-state index contributed by atoms with van der Waals surface area (Å²) in [5.41, 5.74) is 2.91. The van der Waals surface area contributed by atoms with Gasteiger partial charge in [0, 0.05) is 31.9 Å². The smallest absolute Gasteiger partial charge is 0.142 e. The summed E-state index contributed by atoms with van der Waals surface area (Å²) in [6.45, 7) is 2.21. The third kappa shape index (κ3) is 3.65. The van der Waals surface area contributed by atoms with Gasteiger partial charge in [0.2, 0.25) is 0 Å². The summed E-state index contributed by atoms with van der Waals surface area (Å²) >= 11 is 6.47. The lowest BCUT2D eigenvalue weighted by molar-refractivity contribution is 0.0158. The zero-order valence-electron chi connectivity index (χ0n) is 15.3. The Morgan fingerprint density at radius 3 is 2.78 bits per heavy atom. The Hall–Kier alpha value is -2.15. The number of para-hydroxylation sites is 2. The van der Waals surface area contributed by atoms with E-state index >= 15 is 0 Å². The number of pyridine rings is 1. The molecular weight excluding hydrogens is 364 g/mol. The molecule has 6 nitrogen and oxygen atoms in total. The molecule has 1 saturated heterocycles. The van der Waals surface area contributed by atoms with Gasteiger partial charge in [0.05, 0.1) is 35.4 Å². The van der Waals surface area contributed by atoms with Crippen molar-refractivity contribution < 1.29 is 9.84 Å². The van der Waals surface area contributed by atoms with Crippen LogP contribution in [0.3, 0.4) is 0 Å². The molecule has 0 unspecified atom stereocenters. The van der Waals surface area contributed by atoms with Gasteiger partial charge in [0.15, 0.2) is 0 Å². The Bertz CT molecular complexity index is 935. The molecule has 1 N–H and O–H groups in total. The van der Waals surface area contributed by atoms with E-state index < -0.39 is 0 Å². The van der Waals surface area contributed by atoms with Crippen molar-refractivity contribution in [2.24, 2.45) is 7.05 Å². The van der Waals surface area contributed by atoms with E-state index in [4.69, 9.17) is 26.4 Å². The SMILES string of the molecule is Cn1c(-c2cc(N3CCC(OCCO)CC3)ncc2Cl)nc2ccccc21. The van der Waals surface area contributed by atoms with E-state index in [9.17, 15) is 0 Å². The van der Waals surface area contributed by atoms with Gasteiger partial charge in [-0.05, 0) is 31.0 Å². The van der Waals surface area contributed by atoms with E-state index in [1.54, 1.807) is 6.20 Å². The number of imidazole rings is 1. The van der Waals surface area contributed by atoms with Crippen LogP contribution in [0.15, 0.2) is 36.5 Å². The van der Waals surface area contributed by atoms with Crippen molar-refractivity contribution in [1.82, 2.24) is 14.5 Å². The first-order valence-corrected chi connectivity index (χ1v) is 9.60.